The molecule has 210 valence electrons. The molecule has 0 spiro atoms. The Balaban J connectivity index is 1.54. The minimum atomic E-state index is -0.913. The molecule has 4 heteroatoms. The fourth-order valence-electron chi connectivity index (χ4n) is 4.72. The van der Waals surface area contributed by atoms with Gasteiger partial charge in [0.15, 0.2) is 17.5 Å². The molecule has 0 unspecified atom stereocenters. The smallest absolute Gasteiger partial charge is 0.164 e. The van der Waals surface area contributed by atoms with E-state index >= 15 is 0 Å². The number of furan rings is 1. The number of aromatic nitrogens is 3. The van der Waals surface area contributed by atoms with Crippen LogP contribution in [0.3, 0.4) is 0 Å². The highest BCUT2D eigenvalue weighted by Crippen LogP contribution is 2.42. The molecule has 9 rings (SSSR count). The third-order valence-corrected chi connectivity index (χ3v) is 6.68. The summed E-state index contributed by atoms with van der Waals surface area (Å²) in [5, 5.41) is -3.25. The van der Waals surface area contributed by atoms with E-state index in [-0.39, 0.29) is 0 Å². The maximum atomic E-state index is 9.71. The van der Waals surface area contributed by atoms with Crippen LogP contribution in [0.5, 0.6) is 0 Å². The van der Waals surface area contributed by atoms with Gasteiger partial charge in [0.25, 0.3) is 0 Å². The Morgan fingerprint density at radius 1 is 0.422 bits per heavy atom. The van der Waals surface area contributed by atoms with Crippen molar-refractivity contribution in [1.29, 1.82) is 0 Å². The second kappa shape index (κ2) is 10.2. The molecule has 0 aliphatic heterocycles. The van der Waals surface area contributed by atoms with Gasteiger partial charge in [0.1, 0.15) is 11.2 Å². The van der Waals surface area contributed by atoms with Gasteiger partial charge in [0, 0.05) is 32.8 Å². The van der Waals surface area contributed by atoms with Crippen LogP contribution in [0, 0.1) is 0 Å². The third-order valence-electron chi connectivity index (χ3n) is 6.68. The average Bonchev–Trinajstić information content (AvgIpc) is 3.72. The number of fused-ring (bicyclic) bond motifs is 6. The molecule has 0 aliphatic rings. The number of benzene rings is 7. The molecule has 0 aliphatic carbocycles. The van der Waals surface area contributed by atoms with Gasteiger partial charge in [-0.3, -0.25) is 0 Å². The van der Waals surface area contributed by atoms with E-state index in [1.165, 1.54) is 0 Å². The predicted molar refractivity (Wildman–Crippen MR) is 184 cm³/mol. The van der Waals surface area contributed by atoms with E-state index in [1.807, 2.05) is 0 Å². The Labute approximate surface area is 294 Å². The number of hydrogen-bond acceptors (Lipinski definition) is 4. The summed E-state index contributed by atoms with van der Waals surface area (Å²) < 4.78 is 224. The summed E-state index contributed by atoms with van der Waals surface area (Å²) in [7, 11) is 0. The first-order chi connectivity index (χ1) is 32.7. The van der Waals surface area contributed by atoms with Crippen molar-refractivity contribution in [3.63, 3.8) is 0 Å². The normalized spacial score (nSPS) is 19.3. The topological polar surface area (TPSA) is 51.8 Å². The van der Waals surface area contributed by atoms with Gasteiger partial charge in [-0.1, -0.05) is 127 Å². The molecule has 9 aromatic rings. The van der Waals surface area contributed by atoms with Crippen LogP contribution in [0.25, 0.3) is 88.8 Å². The molecule has 45 heavy (non-hydrogen) atoms. The summed E-state index contributed by atoms with van der Waals surface area (Å²) in [4.78, 5) is 13.2. The number of rotatable bonds is 4. The minimum Gasteiger partial charge on any atom is -0.455 e. The zero-order chi connectivity index (χ0) is 51.5. The summed E-state index contributed by atoms with van der Waals surface area (Å²) in [5.41, 5.74) is -4.70. The molecule has 7 aromatic carbocycles. The Kier molecular flexibility index (Phi) is 2.46. The summed E-state index contributed by atoms with van der Waals surface area (Å²) in [6, 6.07) is -21.2. The van der Waals surface area contributed by atoms with Crippen molar-refractivity contribution in [1.82, 2.24) is 15.0 Å². The standard InChI is InChI=1S/C41H25N3O/c1-3-11-26(12-4-1)30-21-22-34-36(25-30)45-38-33-18-10-9-17-31(33)24-35(37(34)38)41-43-39(28-14-5-2-6-15-28)42-40(44-41)32-20-19-27-13-7-8-16-29(27)23-32/h1-25H/i1D,2D,3D,4D,5D,6D,7D,8D,9D,10D,11D,12D,13D,14D,15D,16D,17D,18D,19D,20D,21D,22D,23D,24D,25D. The Hall–Kier alpha value is -6.13. The molecule has 0 saturated heterocycles. The van der Waals surface area contributed by atoms with E-state index in [0.717, 1.165) is 0 Å². The van der Waals surface area contributed by atoms with Crippen molar-refractivity contribution >= 4 is 43.5 Å². The fourth-order valence-corrected chi connectivity index (χ4v) is 4.72. The van der Waals surface area contributed by atoms with E-state index in [4.69, 9.17) is 31.8 Å². The lowest BCUT2D eigenvalue weighted by Gasteiger charge is -2.11. The molecular formula is C41H25N3O. The molecule has 0 atom stereocenters. The Morgan fingerprint density at radius 3 is 1.84 bits per heavy atom. The lowest BCUT2D eigenvalue weighted by Crippen LogP contribution is -2.00. The molecule has 0 N–H and O–H groups in total. The van der Waals surface area contributed by atoms with Gasteiger partial charge in [-0.05, 0) is 51.5 Å². The zero-order valence-corrected chi connectivity index (χ0v) is 22.2. The van der Waals surface area contributed by atoms with E-state index < -0.39 is 240 Å². The van der Waals surface area contributed by atoms with Crippen molar-refractivity contribution in [3.05, 3.63) is 151 Å². The molecule has 4 nitrogen and oxygen atoms in total. The number of nitrogens with zero attached hydrogens (tertiary/aromatic N) is 3. The van der Waals surface area contributed by atoms with Crippen LogP contribution in [-0.4, -0.2) is 15.0 Å². The molecule has 0 saturated carbocycles. The third kappa shape index (κ3) is 4.35. The molecular weight excluding hydrogens is 550 g/mol. The van der Waals surface area contributed by atoms with Gasteiger partial charge < -0.3 is 4.42 Å². The molecule has 2 aromatic heterocycles. The van der Waals surface area contributed by atoms with Crippen LogP contribution in [0.2, 0.25) is 0 Å². The van der Waals surface area contributed by atoms with Crippen molar-refractivity contribution < 1.29 is 38.7 Å². The van der Waals surface area contributed by atoms with Crippen LogP contribution in [0.1, 0.15) is 34.3 Å². The molecule has 2 heterocycles. The highest BCUT2D eigenvalue weighted by molar-refractivity contribution is 6.21. The zero-order valence-electron chi connectivity index (χ0n) is 47.2. The second-order valence-corrected chi connectivity index (χ2v) is 9.32. The van der Waals surface area contributed by atoms with Crippen molar-refractivity contribution in [2.45, 2.75) is 0 Å². The second-order valence-electron chi connectivity index (χ2n) is 9.32. The predicted octanol–water partition coefficient (Wildman–Crippen LogP) is 10.7. The fraction of sp³-hybridized carbons (Fsp3) is 0. The van der Waals surface area contributed by atoms with Crippen molar-refractivity contribution in [2.75, 3.05) is 0 Å². The maximum Gasteiger partial charge on any atom is 0.164 e. The lowest BCUT2D eigenvalue weighted by molar-refractivity contribution is 0.673. The summed E-state index contributed by atoms with van der Waals surface area (Å²) >= 11 is 0. The highest BCUT2D eigenvalue weighted by atomic mass is 16.3. The summed E-state index contributed by atoms with van der Waals surface area (Å²) in [6.07, 6.45) is 0. The van der Waals surface area contributed by atoms with Crippen LogP contribution >= 0.6 is 0 Å². The van der Waals surface area contributed by atoms with Crippen LogP contribution in [0.15, 0.2) is 155 Å². The average molecular weight is 601 g/mol. The van der Waals surface area contributed by atoms with Crippen LogP contribution in [0.4, 0.5) is 0 Å². The molecule has 0 fully saturated rings. The highest BCUT2D eigenvalue weighted by Gasteiger charge is 2.20. The van der Waals surface area contributed by atoms with Gasteiger partial charge in [-0.2, -0.15) is 0 Å². The SMILES string of the molecule is [2H]c1c([2H])c([2H])c(-c2nc(-c3c([2H])c([2H])c4c([2H])c([2H])c([2H])c([2H])c4c3[2H])nc(-c3c([2H])c4c([2H])c([2H])c([2H])c([2H])c4c4oc5c([2H])c(-c6c([2H])c([2H])c([2H])c([2H])c6[2H])c([2H])c([2H])c5c34)n2)c([2H])c1[2H]. The molecule has 0 amide bonds. The van der Waals surface area contributed by atoms with Crippen LogP contribution in [-0.2, 0) is 0 Å². The quantitative estimate of drug-likeness (QED) is 0.202. The maximum absolute atomic E-state index is 9.71. The first kappa shape index (κ1) is 10.8. The van der Waals surface area contributed by atoms with E-state index in [0.29, 0.717) is 0 Å². The molecule has 0 radical (unpaired) electrons. The van der Waals surface area contributed by atoms with Crippen LogP contribution < -0.4 is 0 Å². The first-order valence-electron chi connectivity index (χ1n) is 25.5. The largest absolute Gasteiger partial charge is 0.455 e. The Bertz CT molecular complexity index is 3910. The summed E-state index contributed by atoms with van der Waals surface area (Å²) in [5.74, 6) is -2.45. The minimum absolute atomic E-state index is 0.507. The van der Waals surface area contributed by atoms with Gasteiger partial charge in [0.05, 0.1) is 34.3 Å². The molecule has 0 bridgehead atoms. The monoisotopic (exact) mass is 600 g/mol. The lowest BCUT2D eigenvalue weighted by atomic mass is 9.98. The number of hydrogen-bond donors (Lipinski definition) is 0. The van der Waals surface area contributed by atoms with Gasteiger partial charge in [0.2, 0.25) is 0 Å². The van der Waals surface area contributed by atoms with Gasteiger partial charge in [-0.15, -0.1) is 0 Å². The van der Waals surface area contributed by atoms with Crippen molar-refractivity contribution in [2.24, 2.45) is 0 Å². The van der Waals surface area contributed by atoms with Crippen molar-refractivity contribution in [3.8, 4) is 45.3 Å². The Morgan fingerprint density at radius 2 is 1.04 bits per heavy atom. The van der Waals surface area contributed by atoms with Gasteiger partial charge >= 0.3 is 0 Å². The van der Waals surface area contributed by atoms with E-state index in [9.17, 15) is 6.85 Å². The van der Waals surface area contributed by atoms with E-state index in [2.05, 4.69) is 15.0 Å². The van der Waals surface area contributed by atoms with Gasteiger partial charge in [-0.25, -0.2) is 15.0 Å². The first-order valence-corrected chi connectivity index (χ1v) is 13.0. The van der Waals surface area contributed by atoms with E-state index in [1.54, 1.807) is 0 Å². The summed E-state index contributed by atoms with van der Waals surface area (Å²) in [6.45, 7) is 0.